The summed E-state index contributed by atoms with van der Waals surface area (Å²) < 4.78 is 2.21. The number of aryl methyl sites for hydroxylation is 1. The van der Waals surface area contributed by atoms with E-state index >= 15 is 0 Å². The molecule has 0 saturated heterocycles. The molecule has 1 heterocycles. The third-order valence-corrected chi connectivity index (χ3v) is 3.12. The molecule has 1 atom stereocenters. The zero-order valence-electron chi connectivity index (χ0n) is 10.3. The number of nitrogens with zero attached hydrogens (tertiary/aromatic N) is 2. The van der Waals surface area contributed by atoms with E-state index in [0.29, 0.717) is 5.02 Å². The third-order valence-electron chi connectivity index (χ3n) is 2.88. The molecule has 92 valence electrons. The van der Waals surface area contributed by atoms with Gasteiger partial charge in [-0.15, -0.1) is 0 Å². The second kappa shape index (κ2) is 5.07. The molecule has 2 rings (SSSR count). The highest BCUT2D eigenvalue weighted by Crippen LogP contribution is 2.23. The van der Waals surface area contributed by atoms with Crippen molar-refractivity contribution in [3.63, 3.8) is 0 Å². The summed E-state index contributed by atoms with van der Waals surface area (Å²) >= 11 is 5.98. The lowest BCUT2D eigenvalue weighted by atomic mass is 10.3. The van der Waals surface area contributed by atoms with E-state index < -0.39 is 0 Å². The van der Waals surface area contributed by atoms with Crippen LogP contribution in [0.5, 0.6) is 0 Å². The van der Waals surface area contributed by atoms with Crippen molar-refractivity contribution in [1.29, 1.82) is 0 Å². The van der Waals surface area contributed by atoms with Gasteiger partial charge in [-0.2, -0.15) is 0 Å². The van der Waals surface area contributed by atoms with Gasteiger partial charge in [-0.05, 0) is 31.5 Å². The van der Waals surface area contributed by atoms with Gasteiger partial charge in [0.2, 0.25) is 0 Å². The molecule has 0 saturated carbocycles. The lowest BCUT2D eigenvalue weighted by molar-refractivity contribution is 0.588. The first-order valence-electron chi connectivity index (χ1n) is 6.04. The Bertz CT molecular complexity index is 517. The summed E-state index contributed by atoms with van der Waals surface area (Å²) in [4.78, 5) is 4.58. The SMILES string of the molecule is CCCCn1c([C@H](C)N)nc2cc(Cl)ccc21. The summed E-state index contributed by atoms with van der Waals surface area (Å²) in [7, 11) is 0. The van der Waals surface area contributed by atoms with E-state index in [-0.39, 0.29) is 6.04 Å². The van der Waals surface area contributed by atoms with Crippen LogP contribution in [0.2, 0.25) is 5.02 Å². The van der Waals surface area contributed by atoms with Crippen LogP contribution in [-0.2, 0) is 6.54 Å². The van der Waals surface area contributed by atoms with E-state index in [9.17, 15) is 0 Å². The Morgan fingerprint density at radius 2 is 2.24 bits per heavy atom. The van der Waals surface area contributed by atoms with Crippen LogP contribution in [0.4, 0.5) is 0 Å². The molecule has 0 aliphatic carbocycles. The second-order valence-corrected chi connectivity index (χ2v) is 4.83. The predicted octanol–water partition coefficient (Wildman–Crippen LogP) is 3.51. The summed E-state index contributed by atoms with van der Waals surface area (Å²) in [6, 6.07) is 5.76. The monoisotopic (exact) mass is 251 g/mol. The predicted molar refractivity (Wildman–Crippen MR) is 72.3 cm³/mol. The molecule has 0 amide bonds. The Kier molecular flexibility index (Phi) is 3.69. The number of unbranched alkanes of at least 4 members (excludes halogenated alkanes) is 1. The first kappa shape index (κ1) is 12.4. The number of nitrogens with two attached hydrogens (primary N) is 1. The van der Waals surface area contributed by atoms with Crippen LogP contribution in [0.3, 0.4) is 0 Å². The van der Waals surface area contributed by atoms with Crippen LogP contribution in [0.25, 0.3) is 11.0 Å². The molecule has 0 aliphatic rings. The van der Waals surface area contributed by atoms with Crippen molar-refractivity contribution in [2.24, 2.45) is 5.73 Å². The van der Waals surface area contributed by atoms with Crippen molar-refractivity contribution in [3.8, 4) is 0 Å². The van der Waals surface area contributed by atoms with Crippen LogP contribution < -0.4 is 5.73 Å². The Morgan fingerprint density at radius 3 is 2.88 bits per heavy atom. The number of benzene rings is 1. The Labute approximate surface area is 107 Å². The van der Waals surface area contributed by atoms with Gasteiger partial charge in [0.15, 0.2) is 0 Å². The van der Waals surface area contributed by atoms with Crippen molar-refractivity contribution < 1.29 is 0 Å². The Hall–Kier alpha value is -1.06. The maximum Gasteiger partial charge on any atom is 0.126 e. The zero-order chi connectivity index (χ0) is 12.4. The van der Waals surface area contributed by atoms with Gasteiger partial charge in [0.1, 0.15) is 5.82 Å². The molecule has 1 aromatic carbocycles. The van der Waals surface area contributed by atoms with E-state index in [0.717, 1.165) is 36.2 Å². The summed E-state index contributed by atoms with van der Waals surface area (Å²) in [6.07, 6.45) is 2.29. The topological polar surface area (TPSA) is 43.8 Å². The van der Waals surface area contributed by atoms with Gasteiger partial charge in [0.25, 0.3) is 0 Å². The molecule has 0 radical (unpaired) electrons. The molecule has 0 fully saturated rings. The van der Waals surface area contributed by atoms with E-state index in [1.807, 2.05) is 25.1 Å². The van der Waals surface area contributed by atoms with Crippen LogP contribution in [0.15, 0.2) is 18.2 Å². The zero-order valence-corrected chi connectivity index (χ0v) is 11.0. The summed E-state index contributed by atoms with van der Waals surface area (Å²) in [5, 5.41) is 0.717. The molecular formula is C13H18ClN3. The first-order chi connectivity index (χ1) is 8.13. The van der Waals surface area contributed by atoms with E-state index in [1.165, 1.54) is 0 Å². The number of aromatic nitrogens is 2. The standard InChI is InChI=1S/C13H18ClN3/c1-3-4-7-17-12-6-5-10(14)8-11(12)16-13(17)9(2)15/h5-6,8-9H,3-4,7,15H2,1-2H3/t9-/m0/s1. The molecule has 1 aromatic heterocycles. The highest BCUT2D eigenvalue weighted by Gasteiger charge is 2.13. The number of halogens is 1. The van der Waals surface area contributed by atoms with Crippen LogP contribution in [-0.4, -0.2) is 9.55 Å². The quantitative estimate of drug-likeness (QED) is 0.904. The smallest absolute Gasteiger partial charge is 0.126 e. The van der Waals surface area contributed by atoms with Crippen LogP contribution in [0, 0.1) is 0 Å². The van der Waals surface area contributed by atoms with E-state index in [1.54, 1.807) is 0 Å². The minimum atomic E-state index is -0.0574. The molecule has 0 aliphatic heterocycles. The molecular weight excluding hydrogens is 234 g/mol. The molecule has 17 heavy (non-hydrogen) atoms. The molecule has 4 heteroatoms. The van der Waals surface area contributed by atoms with Crippen molar-refractivity contribution in [3.05, 3.63) is 29.0 Å². The normalized spacial score (nSPS) is 13.2. The van der Waals surface area contributed by atoms with E-state index in [4.69, 9.17) is 17.3 Å². The summed E-state index contributed by atoms with van der Waals surface area (Å²) in [5.74, 6) is 0.940. The fraction of sp³-hybridized carbons (Fsp3) is 0.462. The number of hydrogen-bond acceptors (Lipinski definition) is 2. The van der Waals surface area contributed by atoms with Crippen molar-refractivity contribution in [1.82, 2.24) is 9.55 Å². The lowest BCUT2D eigenvalue weighted by Gasteiger charge is -2.10. The molecule has 2 aromatic rings. The van der Waals surface area contributed by atoms with Crippen LogP contribution in [0.1, 0.15) is 38.6 Å². The van der Waals surface area contributed by atoms with Gasteiger partial charge < -0.3 is 10.3 Å². The third kappa shape index (κ3) is 2.45. The van der Waals surface area contributed by atoms with Crippen molar-refractivity contribution >= 4 is 22.6 Å². The van der Waals surface area contributed by atoms with Crippen LogP contribution >= 0.6 is 11.6 Å². The van der Waals surface area contributed by atoms with Gasteiger partial charge in [0.05, 0.1) is 17.1 Å². The largest absolute Gasteiger partial charge is 0.327 e. The number of rotatable bonds is 4. The molecule has 0 unspecified atom stereocenters. The highest BCUT2D eigenvalue weighted by molar-refractivity contribution is 6.31. The van der Waals surface area contributed by atoms with Gasteiger partial charge in [0, 0.05) is 11.6 Å². The molecule has 0 bridgehead atoms. The first-order valence-corrected chi connectivity index (χ1v) is 6.42. The Morgan fingerprint density at radius 1 is 1.47 bits per heavy atom. The second-order valence-electron chi connectivity index (χ2n) is 4.40. The average Bonchev–Trinajstić information content (AvgIpc) is 2.64. The fourth-order valence-electron chi connectivity index (χ4n) is 2.02. The fourth-order valence-corrected chi connectivity index (χ4v) is 2.19. The molecule has 0 spiro atoms. The van der Waals surface area contributed by atoms with Crippen molar-refractivity contribution in [2.75, 3.05) is 0 Å². The Balaban J connectivity index is 2.54. The van der Waals surface area contributed by atoms with Gasteiger partial charge in [-0.3, -0.25) is 0 Å². The van der Waals surface area contributed by atoms with Gasteiger partial charge >= 0.3 is 0 Å². The van der Waals surface area contributed by atoms with Gasteiger partial charge in [-0.1, -0.05) is 24.9 Å². The van der Waals surface area contributed by atoms with Crippen molar-refractivity contribution in [2.45, 2.75) is 39.3 Å². The summed E-state index contributed by atoms with van der Waals surface area (Å²) in [5.41, 5.74) is 8.02. The summed E-state index contributed by atoms with van der Waals surface area (Å²) in [6.45, 7) is 5.11. The van der Waals surface area contributed by atoms with Gasteiger partial charge in [-0.25, -0.2) is 4.98 Å². The van der Waals surface area contributed by atoms with E-state index in [2.05, 4.69) is 16.5 Å². The molecule has 3 nitrogen and oxygen atoms in total. The lowest BCUT2D eigenvalue weighted by Crippen LogP contribution is -2.13. The minimum Gasteiger partial charge on any atom is -0.327 e. The number of imidazole rings is 1. The number of fused-ring (bicyclic) bond motifs is 1. The average molecular weight is 252 g/mol. The molecule has 2 N–H and O–H groups in total. The minimum absolute atomic E-state index is 0.0574. The number of hydrogen-bond donors (Lipinski definition) is 1. The highest BCUT2D eigenvalue weighted by atomic mass is 35.5. The maximum absolute atomic E-state index is 5.98. The maximum atomic E-state index is 5.98.